The van der Waals surface area contributed by atoms with E-state index in [1.807, 2.05) is 0 Å². The van der Waals surface area contributed by atoms with Gasteiger partial charge in [0.15, 0.2) is 0 Å². The number of nitrogen functional groups attached to an aromatic ring is 1. The van der Waals surface area contributed by atoms with Crippen LogP contribution in [0.15, 0.2) is 24.3 Å². The number of hydrogen-bond acceptors (Lipinski definition) is 7. The van der Waals surface area contributed by atoms with Crippen LogP contribution in [0.5, 0.6) is 0 Å². The van der Waals surface area contributed by atoms with Crippen LogP contribution in [0.4, 0.5) is 30.8 Å². The molecular formula is C20H26F3N7. The number of alkyl halides is 3. The molecule has 0 amide bonds. The number of nitrogens with two attached hydrogens (primary N) is 1. The van der Waals surface area contributed by atoms with E-state index >= 15 is 0 Å². The Morgan fingerprint density at radius 3 is 2.23 bits per heavy atom. The number of halogens is 3. The normalized spacial score (nSPS) is 18.6. The Morgan fingerprint density at radius 2 is 1.53 bits per heavy atom. The smallest absolute Gasteiger partial charge is 0.368 e. The first-order valence-corrected chi connectivity index (χ1v) is 10.3. The molecule has 10 heteroatoms. The van der Waals surface area contributed by atoms with Crippen LogP contribution < -0.4 is 15.5 Å². The number of piperidine rings is 1. The number of aromatic nitrogens is 3. The van der Waals surface area contributed by atoms with E-state index in [2.05, 4.69) is 24.8 Å². The molecule has 162 valence electrons. The Kier molecular flexibility index (Phi) is 5.94. The number of benzene rings is 1. The second kappa shape index (κ2) is 8.63. The minimum absolute atomic E-state index is 0.207. The predicted octanol–water partition coefficient (Wildman–Crippen LogP) is 2.79. The van der Waals surface area contributed by atoms with Gasteiger partial charge in [0, 0.05) is 45.0 Å². The summed E-state index contributed by atoms with van der Waals surface area (Å²) < 4.78 is 40.0. The lowest BCUT2D eigenvalue weighted by Crippen LogP contribution is -2.46. The largest absolute Gasteiger partial charge is 0.418 e. The Morgan fingerprint density at radius 1 is 0.833 bits per heavy atom. The molecule has 2 aliphatic rings. The van der Waals surface area contributed by atoms with Crippen molar-refractivity contribution < 1.29 is 13.2 Å². The fraction of sp³-hybridized carbons (Fsp3) is 0.550. The summed E-state index contributed by atoms with van der Waals surface area (Å²) >= 11 is 0. The molecular weight excluding hydrogens is 395 g/mol. The standard InChI is InChI=1S/C20H26F3N7/c21-20(22,23)15-6-2-3-7-16(15)29-12-10-28(11-13-29)14-17-25-18(24)27-19(26-17)30-8-4-1-5-9-30/h2-3,6-7H,1,4-5,8-14H2,(H2,24,25,26,27). The summed E-state index contributed by atoms with van der Waals surface area (Å²) in [6.45, 7) is 4.59. The third kappa shape index (κ3) is 4.75. The molecule has 0 unspecified atom stereocenters. The molecule has 0 aliphatic carbocycles. The van der Waals surface area contributed by atoms with Crippen molar-refractivity contribution in [3.8, 4) is 0 Å². The average molecular weight is 421 g/mol. The van der Waals surface area contributed by atoms with Crippen LogP contribution in [0, 0.1) is 0 Å². The third-order valence-corrected chi connectivity index (χ3v) is 5.61. The zero-order valence-corrected chi connectivity index (χ0v) is 16.8. The van der Waals surface area contributed by atoms with Gasteiger partial charge < -0.3 is 15.5 Å². The van der Waals surface area contributed by atoms with Crippen LogP contribution in [0.25, 0.3) is 0 Å². The highest BCUT2D eigenvalue weighted by Gasteiger charge is 2.35. The molecule has 30 heavy (non-hydrogen) atoms. The van der Waals surface area contributed by atoms with Gasteiger partial charge in [-0.2, -0.15) is 28.1 Å². The van der Waals surface area contributed by atoms with Crippen LogP contribution >= 0.6 is 0 Å². The van der Waals surface area contributed by atoms with E-state index in [4.69, 9.17) is 5.73 Å². The molecule has 1 aromatic carbocycles. The second-order valence-corrected chi connectivity index (χ2v) is 7.74. The van der Waals surface area contributed by atoms with Crippen molar-refractivity contribution in [3.05, 3.63) is 35.7 Å². The van der Waals surface area contributed by atoms with Crippen LogP contribution in [-0.2, 0) is 12.7 Å². The number of hydrogen-bond donors (Lipinski definition) is 1. The summed E-state index contributed by atoms with van der Waals surface area (Å²) in [6, 6.07) is 5.74. The summed E-state index contributed by atoms with van der Waals surface area (Å²) in [5.41, 5.74) is 5.55. The van der Waals surface area contributed by atoms with Crippen LogP contribution in [0.3, 0.4) is 0 Å². The Bertz CT molecular complexity index is 860. The summed E-state index contributed by atoms with van der Waals surface area (Å²) in [4.78, 5) is 19.2. The highest BCUT2D eigenvalue weighted by Crippen LogP contribution is 2.36. The molecule has 2 saturated heterocycles. The van der Waals surface area contributed by atoms with E-state index in [1.54, 1.807) is 11.0 Å². The second-order valence-electron chi connectivity index (χ2n) is 7.74. The number of nitrogens with zero attached hydrogens (tertiary/aromatic N) is 6. The lowest BCUT2D eigenvalue weighted by molar-refractivity contribution is -0.137. The molecule has 0 radical (unpaired) electrons. The van der Waals surface area contributed by atoms with Gasteiger partial charge in [-0.25, -0.2) is 0 Å². The number of anilines is 3. The van der Waals surface area contributed by atoms with Gasteiger partial charge in [-0.1, -0.05) is 12.1 Å². The third-order valence-electron chi connectivity index (χ3n) is 5.61. The van der Waals surface area contributed by atoms with Crippen molar-refractivity contribution in [3.63, 3.8) is 0 Å². The zero-order chi connectivity index (χ0) is 21.1. The van der Waals surface area contributed by atoms with Gasteiger partial charge in [0.25, 0.3) is 0 Å². The van der Waals surface area contributed by atoms with Crippen molar-refractivity contribution in [1.82, 2.24) is 19.9 Å². The highest BCUT2D eigenvalue weighted by molar-refractivity contribution is 5.55. The maximum Gasteiger partial charge on any atom is 0.418 e. The van der Waals surface area contributed by atoms with Crippen LogP contribution in [0.1, 0.15) is 30.7 Å². The minimum Gasteiger partial charge on any atom is -0.368 e. The average Bonchev–Trinajstić information content (AvgIpc) is 2.74. The number of para-hydroxylation sites is 1. The maximum absolute atomic E-state index is 13.3. The first kappa shape index (κ1) is 20.6. The molecule has 2 aliphatic heterocycles. The minimum atomic E-state index is -4.36. The van der Waals surface area contributed by atoms with Crippen LogP contribution in [0.2, 0.25) is 0 Å². The van der Waals surface area contributed by atoms with Gasteiger partial charge in [-0.05, 0) is 31.4 Å². The number of rotatable bonds is 4. The Labute approximate surface area is 173 Å². The van der Waals surface area contributed by atoms with Crippen molar-refractivity contribution in [2.24, 2.45) is 0 Å². The zero-order valence-electron chi connectivity index (χ0n) is 16.8. The maximum atomic E-state index is 13.3. The molecule has 4 rings (SSSR count). The van der Waals surface area contributed by atoms with Gasteiger partial charge in [0.1, 0.15) is 5.82 Å². The monoisotopic (exact) mass is 421 g/mol. The topological polar surface area (TPSA) is 74.4 Å². The van der Waals surface area contributed by atoms with Crippen molar-refractivity contribution in [2.45, 2.75) is 32.0 Å². The molecule has 2 fully saturated rings. The molecule has 0 spiro atoms. The summed E-state index contributed by atoms with van der Waals surface area (Å²) in [5.74, 6) is 1.43. The van der Waals surface area contributed by atoms with Gasteiger partial charge in [-0.15, -0.1) is 0 Å². The molecule has 0 bridgehead atoms. The van der Waals surface area contributed by atoms with E-state index in [1.165, 1.54) is 18.6 Å². The van der Waals surface area contributed by atoms with E-state index < -0.39 is 11.7 Å². The summed E-state index contributed by atoms with van der Waals surface area (Å²) in [7, 11) is 0. The first-order valence-electron chi connectivity index (χ1n) is 10.3. The fourth-order valence-corrected chi connectivity index (χ4v) is 4.07. The molecule has 3 heterocycles. The molecule has 0 saturated carbocycles. The van der Waals surface area contributed by atoms with E-state index in [0.29, 0.717) is 44.5 Å². The highest BCUT2D eigenvalue weighted by atomic mass is 19.4. The van der Waals surface area contributed by atoms with Crippen molar-refractivity contribution in [2.75, 3.05) is 54.8 Å². The SMILES string of the molecule is Nc1nc(CN2CCN(c3ccccc3C(F)(F)F)CC2)nc(N2CCCCC2)n1. The quantitative estimate of drug-likeness (QED) is 0.814. The first-order chi connectivity index (χ1) is 14.4. The molecule has 2 aromatic rings. The van der Waals surface area contributed by atoms with Gasteiger partial charge >= 0.3 is 6.18 Å². The van der Waals surface area contributed by atoms with Gasteiger partial charge in [-0.3, -0.25) is 4.90 Å². The Hall–Kier alpha value is -2.62. The lowest BCUT2D eigenvalue weighted by Gasteiger charge is -2.37. The van der Waals surface area contributed by atoms with E-state index in [0.717, 1.165) is 32.0 Å². The van der Waals surface area contributed by atoms with E-state index in [9.17, 15) is 13.2 Å². The molecule has 1 aromatic heterocycles. The lowest BCUT2D eigenvalue weighted by atomic mass is 10.1. The van der Waals surface area contributed by atoms with Crippen molar-refractivity contribution >= 4 is 17.6 Å². The van der Waals surface area contributed by atoms with Crippen molar-refractivity contribution in [1.29, 1.82) is 0 Å². The number of piperazine rings is 1. The predicted molar refractivity (Wildman–Crippen MR) is 109 cm³/mol. The van der Waals surface area contributed by atoms with E-state index in [-0.39, 0.29) is 11.6 Å². The molecule has 0 atom stereocenters. The summed E-state index contributed by atoms with van der Waals surface area (Å²) in [6.07, 6.45) is -0.919. The molecule has 7 nitrogen and oxygen atoms in total. The summed E-state index contributed by atoms with van der Waals surface area (Å²) in [5, 5.41) is 0. The van der Waals surface area contributed by atoms with Crippen LogP contribution in [-0.4, -0.2) is 59.1 Å². The Balaban J connectivity index is 1.41. The van der Waals surface area contributed by atoms with Gasteiger partial charge in [0.2, 0.25) is 11.9 Å². The fourth-order valence-electron chi connectivity index (χ4n) is 4.07. The van der Waals surface area contributed by atoms with Gasteiger partial charge in [0.05, 0.1) is 12.1 Å². The molecule has 2 N–H and O–H groups in total.